The molecule has 21 heavy (non-hydrogen) atoms. The Kier molecular flexibility index (Phi) is 4.62. The molecule has 1 atom stereocenters. The smallest absolute Gasteiger partial charge is 0.167 e. The second-order valence-electron chi connectivity index (χ2n) is 4.30. The van der Waals surface area contributed by atoms with Gasteiger partial charge in [0.1, 0.15) is 11.9 Å². The van der Waals surface area contributed by atoms with Gasteiger partial charge in [-0.3, -0.25) is 0 Å². The number of nitriles is 1. The molecule has 0 aromatic heterocycles. The zero-order chi connectivity index (χ0) is 15.2. The summed E-state index contributed by atoms with van der Waals surface area (Å²) in [6.07, 6.45) is 0. The van der Waals surface area contributed by atoms with Crippen LogP contribution >= 0.6 is 0 Å². The minimum atomic E-state index is -0.683. The lowest BCUT2D eigenvalue weighted by atomic mass is 10.1. The van der Waals surface area contributed by atoms with Crippen LogP contribution in [0, 0.1) is 17.1 Å². The Morgan fingerprint density at radius 2 is 1.90 bits per heavy atom. The Hall–Kier alpha value is -2.74. The summed E-state index contributed by atoms with van der Waals surface area (Å²) < 4.78 is 23.8. The van der Waals surface area contributed by atoms with Crippen LogP contribution < -0.4 is 14.8 Å². The molecule has 108 valence electrons. The lowest BCUT2D eigenvalue weighted by molar-refractivity contribution is 0.351. The number of anilines is 1. The van der Waals surface area contributed by atoms with Crippen LogP contribution in [0.4, 0.5) is 10.1 Å². The summed E-state index contributed by atoms with van der Waals surface area (Å²) >= 11 is 0. The predicted octanol–water partition coefficient (Wildman–Crippen LogP) is 3.52. The van der Waals surface area contributed by atoms with E-state index in [2.05, 4.69) is 11.4 Å². The summed E-state index contributed by atoms with van der Waals surface area (Å²) in [5.41, 5.74) is 1.15. The first kappa shape index (κ1) is 14.7. The van der Waals surface area contributed by atoms with Gasteiger partial charge in [-0.15, -0.1) is 0 Å². The Labute approximate surface area is 122 Å². The number of hydrogen-bond acceptors (Lipinski definition) is 4. The van der Waals surface area contributed by atoms with Crippen LogP contribution in [0.1, 0.15) is 11.6 Å². The highest BCUT2D eigenvalue weighted by Crippen LogP contribution is 2.35. The molecule has 2 aromatic carbocycles. The number of rotatable bonds is 5. The van der Waals surface area contributed by atoms with Gasteiger partial charge in [-0.05, 0) is 24.3 Å². The number of ether oxygens (including phenoxy) is 2. The summed E-state index contributed by atoms with van der Waals surface area (Å²) in [5.74, 6) is 0.654. The largest absolute Gasteiger partial charge is 0.493 e. The first-order chi connectivity index (χ1) is 10.2. The second kappa shape index (κ2) is 6.62. The number of halogens is 1. The number of benzene rings is 2. The van der Waals surface area contributed by atoms with Gasteiger partial charge in [0.25, 0.3) is 0 Å². The van der Waals surface area contributed by atoms with E-state index < -0.39 is 6.04 Å². The molecule has 0 spiro atoms. The molecule has 0 aliphatic heterocycles. The third kappa shape index (κ3) is 3.23. The maximum Gasteiger partial charge on any atom is 0.167 e. The van der Waals surface area contributed by atoms with Gasteiger partial charge in [-0.2, -0.15) is 5.26 Å². The third-order valence-corrected chi connectivity index (χ3v) is 3.01. The van der Waals surface area contributed by atoms with Crippen LogP contribution in [-0.4, -0.2) is 14.2 Å². The minimum Gasteiger partial charge on any atom is -0.493 e. The van der Waals surface area contributed by atoms with Crippen molar-refractivity contribution in [1.82, 2.24) is 0 Å². The van der Waals surface area contributed by atoms with E-state index in [-0.39, 0.29) is 5.82 Å². The molecule has 0 heterocycles. The van der Waals surface area contributed by atoms with Gasteiger partial charge in [-0.25, -0.2) is 4.39 Å². The molecule has 4 nitrogen and oxygen atoms in total. The van der Waals surface area contributed by atoms with E-state index in [4.69, 9.17) is 9.47 Å². The maximum absolute atomic E-state index is 13.2. The third-order valence-electron chi connectivity index (χ3n) is 3.01. The van der Waals surface area contributed by atoms with Gasteiger partial charge in [-0.1, -0.05) is 18.2 Å². The van der Waals surface area contributed by atoms with Crippen molar-refractivity contribution < 1.29 is 13.9 Å². The number of methoxy groups -OCH3 is 2. The minimum absolute atomic E-state index is 0.366. The first-order valence-electron chi connectivity index (χ1n) is 6.32. The van der Waals surface area contributed by atoms with E-state index >= 15 is 0 Å². The van der Waals surface area contributed by atoms with Crippen LogP contribution in [0.3, 0.4) is 0 Å². The second-order valence-corrected chi connectivity index (χ2v) is 4.30. The Bertz CT molecular complexity index is 668. The number of nitrogens with one attached hydrogen (secondary N) is 1. The van der Waals surface area contributed by atoms with E-state index in [1.165, 1.54) is 26.4 Å². The van der Waals surface area contributed by atoms with Gasteiger partial charge in [0.15, 0.2) is 11.5 Å². The van der Waals surface area contributed by atoms with Crippen LogP contribution in [-0.2, 0) is 0 Å². The summed E-state index contributed by atoms with van der Waals surface area (Å²) in [5, 5.41) is 12.4. The highest BCUT2D eigenvalue weighted by atomic mass is 19.1. The van der Waals surface area contributed by atoms with E-state index in [1.807, 2.05) is 0 Å². The molecule has 2 rings (SSSR count). The van der Waals surface area contributed by atoms with E-state index in [9.17, 15) is 9.65 Å². The molecule has 0 aliphatic rings. The molecular weight excluding hydrogens is 271 g/mol. The van der Waals surface area contributed by atoms with Gasteiger partial charge < -0.3 is 14.8 Å². The van der Waals surface area contributed by atoms with E-state index in [0.717, 1.165) is 0 Å². The lowest BCUT2D eigenvalue weighted by Crippen LogP contribution is -2.10. The predicted molar refractivity (Wildman–Crippen MR) is 77.9 cm³/mol. The molecule has 0 aliphatic carbocycles. The highest BCUT2D eigenvalue weighted by molar-refractivity contribution is 5.54. The van der Waals surface area contributed by atoms with Crippen molar-refractivity contribution in [1.29, 1.82) is 5.26 Å². The van der Waals surface area contributed by atoms with Crippen molar-refractivity contribution in [3.63, 3.8) is 0 Å². The zero-order valence-corrected chi connectivity index (χ0v) is 11.8. The fourth-order valence-corrected chi connectivity index (χ4v) is 2.06. The SMILES string of the molecule is COc1cccc(C(C#N)Nc2cccc(F)c2)c1OC. The van der Waals surface area contributed by atoms with Crippen molar-refractivity contribution in [2.75, 3.05) is 19.5 Å². The molecule has 0 amide bonds. The topological polar surface area (TPSA) is 54.3 Å². The van der Waals surface area contributed by atoms with Crippen molar-refractivity contribution in [3.05, 3.63) is 53.8 Å². The van der Waals surface area contributed by atoms with Crippen LogP contribution in [0.2, 0.25) is 0 Å². The highest BCUT2D eigenvalue weighted by Gasteiger charge is 2.18. The zero-order valence-electron chi connectivity index (χ0n) is 11.8. The summed E-state index contributed by atoms with van der Waals surface area (Å²) in [4.78, 5) is 0. The van der Waals surface area contributed by atoms with Crippen molar-refractivity contribution in [3.8, 4) is 17.6 Å². The molecule has 1 N–H and O–H groups in total. The lowest BCUT2D eigenvalue weighted by Gasteiger charge is -2.18. The fourth-order valence-electron chi connectivity index (χ4n) is 2.06. The van der Waals surface area contributed by atoms with E-state index in [0.29, 0.717) is 22.7 Å². The average Bonchev–Trinajstić information content (AvgIpc) is 2.51. The number of para-hydroxylation sites is 1. The Morgan fingerprint density at radius 1 is 1.14 bits per heavy atom. The molecule has 1 unspecified atom stereocenters. The summed E-state index contributed by atoms with van der Waals surface area (Å²) in [7, 11) is 3.04. The standard InChI is InChI=1S/C16H15FN2O2/c1-20-15-8-4-7-13(16(15)21-2)14(10-18)19-12-6-3-5-11(17)9-12/h3-9,14,19H,1-2H3. The Morgan fingerprint density at radius 3 is 2.52 bits per heavy atom. The van der Waals surface area contributed by atoms with E-state index in [1.54, 1.807) is 30.3 Å². The quantitative estimate of drug-likeness (QED) is 0.913. The molecule has 2 aromatic rings. The number of hydrogen-bond donors (Lipinski definition) is 1. The van der Waals surface area contributed by atoms with Crippen LogP contribution in [0.5, 0.6) is 11.5 Å². The Balaban J connectivity index is 2.36. The van der Waals surface area contributed by atoms with Crippen LogP contribution in [0.15, 0.2) is 42.5 Å². The van der Waals surface area contributed by atoms with Crippen molar-refractivity contribution in [2.24, 2.45) is 0 Å². The fraction of sp³-hybridized carbons (Fsp3) is 0.188. The molecule has 0 radical (unpaired) electrons. The maximum atomic E-state index is 13.2. The molecule has 0 bridgehead atoms. The van der Waals surface area contributed by atoms with Gasteiger partial charge in [0, 0.05) is 11.3 Å². The first-order valence-corrected chi connectivity index (χ1v) is 6.32. The van der Waals surface area contributed by atoms with Crippen molar-refractivity contribution >= 4 is 5.69 Å². The van der Waals surface area contributed by atoms with Gasteiger partial charge in [0.05, 0.1) is 20.3 Å². The average molecular weight is 286 g/mol. The summed E-state index contributed by atoms with van der Waals surface area (Å²) in [6.45, 7) is 0. The molecular formula is C16H15FN2O2. The molecule has 0 fully saturated rings. The van der Waals surface area contributed by atoms with Gasteiger partial charge >= 0.3 is 0 Å². The number of nitrogens with zero attached hydrogens (tertiary/aromatic N) is 1. The van der Waals surface area contributed by atoms with Crippen molar-refractivity contribution in [2.45, 2.75) is 6.04 Å². The normalized spacial score (nSPS) is 11.3. The summed E-state index contributed by atoms with van der Waals surface area (Å²) in [6, 6.07) is 12.7. The monoisotopic (exact) mass is 286 g/mol. The van der Waals surface area contributed by atoms with Crippen LogP contribution in [0.25, 0.3) is 0 Å². The van der Waals surface area contributed by atoms with Gasteiger partial charge in [0.2, 0.25) is 0 Å². The molecule has 0 saturated carbocycles. The molecule has 5 heteroatoms. The molecule has 0 saturated heterocycles.